The molecular weight excluding hydrogens is 285 g/mol. The molecule has 1 aromatic carbocycles. The Balaban J connectivity index is 3.35. The van der Waals surface area contributed by atoms with Gasteiger partial charge in [0.15, 0.2) is 0 Å². The Morgan fingerprint density at radius 1 is 1.45 bits per heavy atom. The third-order valence-electron chi connectivity index (χ3n) is 3.11. The Bertz CT molecular complexity index is 600. The number of hydrogen-bond acceptors (Lipinski definition) is 3. The van der Waals surface area contributed by atoms with Gasteiger partial charge in [0.25, 0.3) is 0 Å². The van der Waals surface area contributed by atoms with Crippen LogP contribution in [0.25, 0.3) is 0 Å². The van der Waals surface area contributed by atoms with Gasteiger partial charge in [-0.05, 0) is 38.0 Å². The summed E-state index contributed by atoms with van der Waals surface area (Å²) < 4.78 is 39.2. The van der Waals surface area contributed by atoms with E-state index in [1.165, 1.54) is 12.1 Å². The monoisotopic (exact) mass is 303 g/mol. The number of aliphatic carboxylic acids is 1. The fourth-order valence-corrected chi connectivity index (χ4v) is 3.69. The van der Waals surface area contributed by atoms with Gasteiger partial charge in [-0.25, -0.2) is 12.8 Å². The molecule has 0 radical (unpaired) electrons. The molecule has 20 heavy (non-hydrogen) atoms. The van der Waals surface area contributed by atoms with Crippen molar-refractivity contribution >= 4 is 16.0 Å². The van der Waals surface area contributed by atoms with Crippen LogP contribution in [0.5, 0.6) is 0 Å². The number of aryl methyl sites for hydroxylation is 1. The largest absolute Gasteiger partial charge is 0.480 e. The van der Waals surface area contributed by atoms with Gasteiger partial charge in [0, 0.05) is 6.04 Å². The van der Waals surface area contributed by atoms with E-state index >= 15 is 0 Å². The van der Waals surface area contributed by atoms with E-state index in [0.29, 0.717) is 12.0 Å². The molecule has 0 amide bonds. The number of sulfonamides is 1. The molecule has 0 saturated carbocycles. The molecule has 0 bridgehead atoms. The minimum atomic E-state index is -4.05. The maximum absolute atomic E-state index is 13.3. The zero-order valence-corrected chi connectivity index (χ0v) is 12.4. The van der Waals surface area contributed by atoms with Gasteiger partial charge in [0.2, 0.25) is 10.0 Å². The van der Waals surface area contributed by atoms with Crippen LogP contribution in [0.2, 0.25) is 0 Å². The highest BCUT2D eigenvalue weighted by atomic mass is 32.2. The molecule has 112 valence electrons. The smallest absolute Gasteiger partial charge is 0.318 e. The first-order chi connectivity index (χ1) is 9.20. The molecule has 1 unspecified atom stereocenters. The molecule has 0 fully saturated rings. The van der Waals surface area contributed by atoms with E-state index in [2.05, 4.69) is 0 Å². The molecule has 1 rings (SSSR count). The Morgan fingerprint density at radius 2 is 2.05 bits per heavy atom. The Hall–Kier alpha value is -1.47. The number of carboxylic acid groups (broad SMARTS) is 1. The van der Waals surface area contributed by atoms with Crippen LogP contribution in [0, 0.1) is 12.7 Å². The first-order valence-electron chi connectivity index (χ1n) is 6.20. The Morgan fingerprint density at radius 3 is 2.55 bits per heavy atom. The number of hydrogen-bond donors (Lipinski definition) is 1. The lowest BCUT2D eigenvalue weighted by atomic mass is 10.2. The molecule has 7 heteroatoms. The van der Waals surface area contributed by atoms with Crippen molar-refractivity contribution in [2.45, 2.75) is 38.1 Å². The van der Waals surface area contributed by atoms with Gasteiger partial charge >= 0.3 is 5.97 Å². The molecule has 0 aliphatic heterocycles. The van der Waals surface area contributed by atoms with Crippen LogP contribution in [-0.4, -0.2) is 36.4 Å². The standard InChI is InChI=1S/C13H18FNO4S/c1-4-10(3)15(8-13(16)17)20(18,19)12-7-11(14)6-5-9(12)2/h5-7,10H,4,8H2,1-3H3,(H,16,17). The summed E-state index contributed by atoms with van der Waals surface area (Å²) in [5.41, 5.74) is 0.380. The van der Waals surface area contributed by atoms with E-state index in [0.717, 1.165) is 10.4 Å². The molecule has 0 saturated heterocycles. The molecule has 0 spiro atoms. The van der Waals surface area contributed by atoms with E-state index in [-0.39, 0.29) is 4.90 Å². The summed E-state index contributed by atoms with van der Waals surface area (Å²) in [6.45, 7) is 4.28. The van der Waals surface area contributed by atoms with Crippen LogP contribution in [0.4, 0.5) is 4.39 Å². The van der Waals surface area contributed by atoms with Gasteiger partial charge in [0.05, 0.1) is 4.90 Å². The lowest BCUT2D eigenvalue weighted by Crippen LogP contribution is -2.42. The van der Waals surface area contributed by atoms with Crippen LogP contribution >= 0.6 is 0 Å². The lowest BCUT2D eigenvalue weighted by molar-refractivity contribution is -0.137. The van der Waals surface area contributed by atoms with Crippen LogP contribution < -0.4 is 0 Å². The second kappa shape index (κ2) is 6.32. The van der Waals surface area contributed by atoms with E-state index in [1.807, 2.05) is 0 Å². The molecule has 0 heterocycles. The van der Waals surface area contributed by atoms with Gasteiger partial charge in [-0.15, -0.1) is 0 Å². The van der Waals surface area contributed by atoms with Crippen molar-refractivity contribution in [2.24, 2.45) is 0 Å². The predicted molar refractivity (Wildman–Crippen MR) is 72.4 cm³/mol. The van der Waals surface area contributed by atoms with Gasteiger partial charge < -0.3 is 5.11 Å². The van der Waals surface area contributed by atoms with Gasteiger partial charge in [0.1, 0.15) is 12.4 Å². The summed E-state index contributed by atoms with van der Waals surface area (Å²) in [6, 6.07) is 2.96. The van der Waals surface area contributed by atoms with Crippen molar-refractivity contribution < 1.29 is 22.7 Å². The second-order valence-corrected chi connectivity index (χ2v) is 6.47. The zero-order chi connectivity index (χ0) is 15.5. The average molecular weight is 303 g/mol. The summed E-state index contributed by atoms with van der Waals surface area (Å²) in [5.74, 6) is -1.92. The minimum absolute atomic E-state index is 0.195. The SMILES string of the molecule is CCC(C)N(CC(=O)O)S(=O)(=O)c1cc(F)ccc1C. The van der Waals surface area contributed by atoms with Gasteiger partial charge in [-0.2, -0.15) is 4.31 Å². The first kappa shape index (κ1) is 16.6. The fourth-order valence-electron chi connectivity index (χ4n) is 1.79. The second-order valence-electron chi connectivity index (χ2n) is 4.61. The average Bonchev–Trinajstić information content (AvgIpc) is 2.37. The highest BCUT2D eigenvalue weighted by molar-refractivity contribution is 7.89. The van der Waals surface area contributed by atoms with Crippen molar-refractivity contribution in [3.8, 4) is 0 Å². The number of halogens is 1. The predicted octanol–water partition coefficient (Wildman–Crippen LogP) is 2.01. The van der Waals surface area contributed by atoms with Crippen LogP contribution in [0.15, 0.2) is 23.1 Å². The highest BCUT2D eigenvalue weighted by Gasteiger charge is 2.31. The van der Waals surface area contributed by atoms with Crippen molar-refractivity contribution in [2.75, 3.05) is 6.54 Å². The van der Waals surface area contributed by atoms with Crippen molar-refractivity contribution in [3.05, 3.63) is 29.6 Å². The summed E-state index contributed by atoms with van der Waals surface area (Å²) in [6.07, 6.45) is 0.459. The maximum atomic E-state index is 13.3. The minimum Gasteiger partial charge on any atom is -0.480 e. The third kappa shape index (κ3) is 3.55. The number of benzene rings is 1. The van der Waals surface area contributed by atoms with E-state index in [4.69, 9.17) is 5.11 Å². The molecule has 0 aliphatic rings. The molecule has 0 aromatic heterocycles. The molecule has 1 aromatic rings. The lowest BCUT2D eigenvalue weighted by Gasteiger charge is -2.26. The summed E-state index contributed by atoms with van der Waals surface area (Å²) >= 11 is 0. The zero-order valence-electron chi connectivity index (χ0n) is 11.6. The number of rotatable bonds is 6. The molecular formula is C13H18FNO4S. The van der Waals surface area contributed by atoms with Crippen LogP contribution in [-0.2, 0) is 14.8 Å². The number of carboxylic acids is 1. The van der Waals surface area contributed by atoms with Crippen molar-refractivity contribution in [3.63, 3.8) is 0 Å². The van der Waals surface area contributed by atoms with Crippen molar-refractivity contribution in [1.82, 2.24) is 4.31 Å². The summed E-state index contributed by atoms with van der Waals surface area (Å²) in [5, 5.41) is 8.88. The molecule has 1 N–H and O–H groups in total. The van der Waals surface area contributed by atoms with Crippen LogP contribution in [0.3, 0.4) is 0 Å². The molecule has 1 atom stereocenters. The maximum Gasteiger partial charge on any atom is 0.318 e. The van der Waals surface area contributed by atoms with Crippen molar-refractivity contribution in [1.29, 1.82) is 0 Å². The topological polar surface area (TPSA) is 74.7 Å². The third-order valence-corrected chi connectivity index (χ3v) is 5.21. The quantitative estimate of drug-likeness (QED) is 0.872. The molecule has 5 nitrogen and oxygen atoms in total. The molecule has 0 aliphatic carbocycles. The van der Waals surface area contributed by atoms with E-state index < -0.39 is 34.4 Å². The number of carbonyl (C=O) groups is 1. The Labute approximate surface area is 118 Å². The van der Waals surface area contributed by atoms with E-state index in [1.54, 1.807) is 20.8 Å². The fraction of sp³-hybridized carbons (Fsp3) is 0.462. The normalized spacial score (nSPS) is 13.4. The van der Waals surface area contributed by atoms with Gasteiger partial charge in [-0.3, -0.25) is 4.79 Å². The summed E-state index contributed by atoms with van der Waals surface area (Å²) in [7, 11) is -4.05. The van der Waals surface area contributed by atoms with E-state index in [9.17, 15) is 17.6 Å². The highest BCUT2D eigenvalue weighted by Crippen LogP contribution is 2.23. The van der Waals surface area contributed by atoms with Gasteiger partial charge in [-0.1, -0.05) is 13.0 Å². The Kier molecular flexibility index (Phi) is 5.24. The number of nitrogens with zero attached hydrogens (tertiary/aromatic N) is 1. The summed E-state index contributed by atoms with van der Waals surface area (Å²) in [4.78, 5) is 10.7. The first-order valence-corrected chi connectivity index (χ1v) is 7.64. The van der Waals surface area contributed by atoms with Crippen LogP contribution in [0.1, 0.15) is 25.8 Å².